The van der Waals surface area contributed by atoms with Crippen LogP contribution in [0.15, 0.2) is 17.5 Å². The standard InChI is InChI=1S/C7H9NO3S/c8-5(7(10)11)6(9)4-2-1-3-12-4/h1-3,5-6,9H,8H2,(H,10,11)/t5-,6+/m0/s1. The van der Waals surface area contributed by atoms with E-state index in [4.69, 9.17) is 0 Å². The number of quaternary nitrogens is 1. The van der Waals surface area contributed by atoms with Crippen LogP contribution in [-0.2, 0) is 4.79 Å². The number of aliphatic hydroxyl groups is 1. The fourth-order valence-corrected chi connectivity index (χ4v) is 1.56. The maximum Gasteiger partial charge on any atom is 0.156 e. The maximum atomic E-state index is 10.3. The van der Waals surface area contributed by atoms with Gasteiger partial charge >= 0.3 is 0 Å². The van der Waals surface area contributed by atoms with Crippen LogP contribution < -0.4 is 10.8 Å². The molecule has 1 heterocycles. The van der Waals surface area contributed by atoms with Crippen molar-refractivity contribution in [1.29, 1.82) is 0 Å². The van der Waals surface area contributed by atoms with Gasteiger partial charge < -0.3 is 20.7 Å². The van der Waals surface area contributed by atoms with Gasteiger partial charge in [-0.25, -0.2) is 0 Å². The number of carboxylic acid groups (broad SMARTS) is 1. The van der Waals surface area contributed by atoms with Gasteiger partial charge in [0.1, 0.15) is 12.1 Å². The van der Waals surface area contributed by atoms with Gasteiger partial charge in [-0.1, -0.05) is 6.07 Å². The van der Waals surface area contributed by atoms with Crippen molar-refractivity contribution in [2.75, 3.05) is 0 Å². The summed E-state index contributed by atoms with van der Waals surface area (Å²) in [6, 6.07) is 2.30. The molecule has 0 unspecified atom stereocenters. The van der Waals surface area contributed by atoms with Gasteiger partial charge in [0.15, 0.2) is 6.04 Å². The molecule has 1 rings (SSSR count). The van der Waals surface area contributed by atoms with Gasteiger partial charge in [0.05, 0.1) is 0 Å². The number of hydrogen-bond donors (Lipinski definition) is 2. The van der Waals surface area contributed by atoms with E-state index in [9.17, 15) is 15.0 Å². The summed E-state index contributed by atoms with van der Waals surface area (Å²) in [5, 5.41) is 21.4. The zero-order valence-corrected chi connectivity index (χ0v) is 7.08. The van der Waals surface area contributed by atoms with Gasteiger partial charge in [0.2, 0.25) is 0 Å². The van der Waals surface area contributed by atoms with E-state index in [0.29, 0.717) is 4.88 Å². The SMILES string of the molecule is [NH3+][C@H](C(=O)[O-])[C@H](O)c1cccs1. The Kier molecular flexibility index (Phi) is 2.80. The Balaban J connectivity index is 2.71. The highest BCUT2D eigenvalue weighted by molar-refractivity contribution is 7.10. The van der Waals surface area contributed by atoms with Crippen molar-refractivity contribution in [2.45, 2.75) is 12.1 Å². The molecular formula is C7H9NO3S. The number of carbonyl (C=O) groups is 1. The number of aliphatic carboxylic acids is 1. The van der Waals surface area contributed by atoms with Crippen LogP contribution in [0, 0.1) is 0 Å². The summed E-state index contributed by atoms with van der Waals surface area (Å²) < 4.78 is 0. The lowest BCUT2D eigenvalue weighted by atomic mass is 10.1. The molecule has 12 heavy (non-hydrogen) atoms. The van der Waals surface area contributed by atoms with Crippen LogP contribution in [0.5, 0.6) is 0 Å². The molecule has 0 aliphatic heterocycles. The van der Waals surface area contributed by atoms with Crippen molar-refractivity contribution in [1.82, 2.24) is 0 Å². The highest BCUT2D eigenvalue weighted by Gasteiger charge is 2.21. The average Bonchev–Trinajstić information content (AvgIpc) is 2.53. The van der Waals surface area contributed by atoms with Crippen LogP contribution in [0.1, 0.15) is 11.0 Å². The van der Waals surface area contributed by atoms with Crippen molar-refractivity contribution in [3.8, 4) is 0 Å². The van der Waals surface area contributed by atoms with E-state index in [2.05, 4.69) is 5.73 Å². The lowest BCUT2D eigenvalue weighted by Crippen LogP contribution is -2.70. The first-order chi connectivity index (χ1) is 5.63. The van der Waals surface area contributed by atoms with E-state index in [1.807, 2.05) is 0 Å². The van der Waals surface area contributed by atoms with Crippen LogP contribution in [0.3, 0.4) is 0 Å². The molecule has 0 spiro atoms. The zero-order chi connectivity index (χ0) is 9.14. The highest BCUT2D eigenvalue weighted by Crippen LogP contribution is 2.19. The first-order valence-corrected chi connectivity index (χ1v) is 4.26. The molecule has 4 N–H and O–H groups in total. The average molecular weight is 187 g/mol. The predicted molar refractivity (Wildman–Crippen MR) is 41.0 cm³/mol. The maximum absolute atomic E-state index is 10.3. The van der Waals surface area contributed by atoms with E-state index < -0.39 is 18.1 Å². The third-order valence-corrected chi connectivity index (χ3v) is 2.46. The van der Waals surface area contributed by atoms with Crippen LogP contribution in [0.2, 0.25) is 0 Å². The Labute approximate surface area is 73.3 Å². The Morgan fingerprint density at radius 1 is 1.75 bits per heavy atom. The summed E-state index contributed by atoms with van der Waals surface area (Å²) in [6.45, 7) is 0. The number of rotatable bonds is 3. The Morgan fingerprint density at radius 2 is 2.42 bits per heavy atom. The normalized spacial score (nSPS) is 15.5. The molecule has 0 saturated heterocycles. The summed E-state index contributed by atoms with van der Waals surface area (Å²) in [5.41, 5.74) is 3.29. The minimum Gasteiger partial charge on any atom is -0.544 e. The van der Waals surface area contributed by atoms with E-state index >= 15 is 0 Å². The molecule has 1 aromatic rings. The molecule has 0 radical (unpaired) electrons. The number of carboxylic acids is 1. The summed E-state index contributed by atoms with van der Waals surface area (Å²) in [6.07, 6.45) is -1.06. The van der Waals surface area contributed by atoms with Crippen molar-refractivity contribution in [3.05, 3.63) is 22.4 Å². The fraction of sp³-hybridized carbons (Fsp3) is 0.286. The van der Waals surface area contributed by atoms with Gasteiger partial charge in [0, 0.05) is 4.88 Å². The van der Waals surface area contributed by atoms with E-state index in [0.717, 1.165) is 0 Å². The fourth-order valence-electron chi connectivity index (χ4n) is 0.787. The Bertz CT molecular complexity index is 260. The smallest absolute Gasteiger partial charge is 0.156 e. The highest BCUT2D eigenvalue weighted by atomic mass is 32.1. The first-order valence-electron chi connectivity index (χ1n) is 3.38. The minimum absolute atomic E-state index is 0.596. The number of carbonyl (C=O) groups excluding carboxylic acids is 1. The summed E-state index contributed by atoms with van der Waals surface area (Å²) in [4.78, 5) is 10.9. The number of aliphatic hydroxyl groups excluding tert-OH is 1. The van der Waals surface area contributed by atoms with Gasteiger partial charge in [0.25, 0.3) is 0 Å². The molecule has 0 aromatic carbocycles. The lowest BCUT2D eigenvalue weighted by Gasteiger charge is -2.14. The molecule has 2 atom stereocenters. The molecule has 0 bridgehead atoms. The molecule has 0 amide bonds. The summed E-state index contributed by atoms with van der Waals surface area (Å²) in [7, 11) is 0. The van der Waals surface area contributed by atoms with Gasteiger partial charge in [-0.15, -0.1) is 11.3 Å². The molecule has 0 fully saturated rings. The molecule has 0 saturated carbocycles. The molecule has 5 heteroatoms. The van der Waals surface area contributed by atoms with E-state index in [-0.39, 0.29) is 0 Å². The Morgan fingerprint density at radius 3 is 2.83 bits per heavy atom. The topological polar surface area (TPSA) is 88.0 Å². The lowest BCUT2D eigenvalue weighted by molar-refractivity contribution is -0.452. The van der Waals surface area contributed by atoms with E-state index in [1.54, 1.807) is 17.5 Å². The van der Waals surface area contributed by atoms with Gasteiger partial charge in [-0.2, -0.15) is 0 Å². The molecule has 0 aliphatic carbocycles. The van der Waals surface area contributed by atoms with Crippen molar-refractivity contribution >= 4 is 17.3 Å². The summed E-state index contributed by atoms with van der Waals surface area (Å²) in [5.74, 6) is -1.34. The number of hydrogen-bond acceptors (Lipinski definition) is 4. The van der Waals surface area contributed by atoms with E-state index in [1.165, 1.54) is 11.3 Å². The first kappa shape index (κ1) is 9.18. The third-order valence-electron chi connectivity index (χ3n) is 1.52. The largest absolute Gasteiger partial charge is 0.544 e. The monoisotopic (exact) mass is 187 g/mol. The second-order valence-electron chi connectivity index (χ2n) is 2.39. The molecule has 66 valence electrons. The molecule has 1 aromatic heterocycles. The zero-order valence-electron chi connectivity index (χ0n) is 6.27. The molecule has 0 aliphatic rings. The summed E-state index contributed by atoms with van der Waals surface area (Å²) >= 11 is 1.30. The van der Waals surface area contributed by atoms with Crippen LogP contribution in [-0.4, -0.2) is 17.1 Å². The van der Waals surface area contributed by atoms with Gasteiger partial charge in [-0.3, -0.25) is 0 Å². The van der Waals surface area contributed by atoms with Gasteiger partial charge in [-0.05, 0) is 11.4 Å². The van der Waals surface area contributed by atoms with Crippen molar-refractivity contribution in [2.24, 2.45) is 0 Å². The second-order valence-corrected chi connectivity index (χ2v) is 3.37. The number of thiophene rings is 1. The Hall–Kier alpha value is -0.910. The quantitative estimate of drug-likeness (QED) is 0.581. The minimum atomic E-state index is -1.34. The van der Waals surface area contributed by atoms with Crippen LogP contribution in [0.4, 0.5) is 0 Å². The second kappa shape index (κ2) is 3.66. The molecule has 4 nitrogen and oxygen atoms in total. The molecular weight excluding hydrogens is 178 g/mol. The predicted octanol–water partition coefficient (Wildman–Crippen LogP) is -1.86. The van der Waals surface area contributed by atoms with Crippen LogP contribution in [0.25, 0.3) is 0 Å². The third kappa shape index (κ3) is 1.82. The van der Waals surface area contributed by atoms with Crippen molar-refractivity contribution < 1.29 is 20.7 Å². The van der Waals surface area contributed by atoms with Crippen molar-refractivity contribution in [3.63, 3.8) is 0 Å². The van der Waals surface area contributed by atoms with Crippen LogP contribution >= 0.6 is 11.3 Å².